The summed E-state index contributed by atoms with van der Waals surface area (Å²) in [4.78, 5) is 26.9. The minimum atomic E-state index is -0.872. The zero-order valence-electron chi connectivity index (χ0n) is 11.5. The highest BCUT2D eigenvalue weighted by atomic mass is 35.5. The van der Waals surface area contributed by atoms with E-state index in [2.05, 4.69) is 10.3 Å². The Morgan fingerprint density at radius 1 is 1.33 bits per heavy atom. The molecular formula is C15H15ClN2O3. The van der Waals surface area contributed by atoms with Crippen LogP contribution < -0.4 is 5.32 Å². The third-order valence-electron chi connectivity index (χ3n) is 3.28. The van der Waals surface area contributed by atoms with Gasteiger partial charge in [0, 0.05) is 18.1 Å². The van der Waals surface area contributed by atoms with Crippen LogP contribution in [0.1, 0.15) is 23.7 Å². The highest BCUT2D eigenvalue weighted by Crippen LogP contribution is 2.24. The van der Waals surface area contributed by atoms with Crippen molar-refractivity contribution in [2.45, 2.75) is 13.3 Å². The SMILES string of the molecule is CC(CCNC(=O)c1cnc(Cl)c2ccccc12)C(=O)O. The third-order valence-corrected chi connectivity index (χ3v) is 3.58. The second kappa shape index (κ2) is 6.54. The summed E-state index contributed by atoms with van der Waals surface area (Å²) in [7, 11) is 0. The summed E-state index contributed by atoms with van der Waals surface area (Å²) in [5, 5.41) is 13.3. The van der Waals surface area contributed by atoms with Gasteiger partial charge in [-0.15, -0.1) is 0 Å². The van der Waals surface area contributed by atoms with Gasteiger partial charge in [-0.05, 0) is 11.8 Å². The third kappa shape index (κ3) is 3.49. The van der Waals surface area contributed by atoms with Crippen LogP contribution in [-0.2, 0) is 4.79 Å². The van der Waals surface area contributed by atoms with Crippen molar-refractivity contribution >= 4 is 34.2 Å². The van der Waals surface area contributed by atoms with Gasteiger partial charge in [0.2, 0.25) is 0 Å². The van der Waals surface area contributed by atoms with Gasteiger partial charge in [0.25, 0.3) is 5.91 Å². The van der Waals surface area contributed by atoms with Gasteiger partial charge in [-0.1, -0.05) is 42.8 Å². The van der Waals surface area contributed by atoms with Gasteiger partial charge in [-0.3, -0.25) is 9.59 Å². The number of hydrogen-bond donors (Lipinski definition) is 2. The van der Waals surface area contributed by atoms with Gasteiger partial charge in [-0.25, -0.2) is 4.98 Å². The number of carbonyl (C=O) groups is 2. The number of aliphatic carboxylic acids is 1. The molecule has 1 aromatic carbocycles. The van der Waals surface area contributed by atoms with Gasteiger partial charge in [-0.2, -0.15) is 0 Å². The lowest BCUT2D eigenvalue weighted by molar-refractivity contribution is -0.141. The Labute approximate surface area is 126 Å². The molecular weight excluding hydrogens is 292 g/mol. The number of carboxylic acid groups (broad SMARTS) is 1. The first-order valence-electron chi connectivity index (χ1n) is 6.55. The summed E-state index contributed by atoms with van der Waals surface area (Å²) in [6.07, 6.45) is 1.81. The number of halogens is 1. The highest BCUT2D eigenvalue weighted by molar-refractivity contribution is 6.34. The molecule has 0 radical (unpaired) electrons. The van der Waals surface area contributed by atoms with Crippen LogP contribution in [0.4, 0.5) is 0 Å². The van der Waals surface area contributed by atoms with E-state index in [1.165, 1.54) is 6.20 Å². The standard InChI is InChI=1S/C15H15ClN2O3/c1-9(15(20)21)6-7-17-14(19)12-8-18-13(16)11-5-3-2-4-10(11)12/h2-5,8-9H,6-7H2,1H3,(H,17,19)(H,20,21). The summed E-state index contributed by atoms with van der Waals surface area (Å²) in [5.41, 5.74) is 0.429. The monoisotopic (exact) mass is 306 g/mol. The second-order valence-corrected chi connectivity index (χ2v) is 5.15. The smallest absolute Gasteiger partial charge is 0.306 e. The average Bonchev–Trinajstić information content (AvgIpc) is 2.47. The number of nitrogens with zero attached hydrogens (tertiary/aromatic N) is 1. The lowest BCUT2D eigenvalue weighted by Gasteiger charge is -2.10. The topological polar surface area (TPSA) is 79.3 Å². The maximum Gasteiger partial charge on any atom is 0.306 e. The van der Waals surface area contributed by atoms with Gasteiger partial charge >= 0.3 is 5.97 Å². The Morgan fingerprint density at radius 2 is 2.00 bits per heavy atom. The first kappa shape index (κ1) is 15.3. The summed E-state index contributed by atoms with van der Waals surface area (Å²) in [5.74, 6) is -1.65. The van der Waals surface area contributed by atoms with Crippen LogP contribution >= 0.6 is 11.6 Å². The maximum atomic E-state index is 12.2. The van der Waals surface area contributed by atoms with Gasteiger partial charge < -0.3 is 10.4 Å². The largest absolute Gasteiger partial charge is 0.481 e. The molecule has 2 N–H and O–H groups in total. The zero-order chi connectivity index (χ0) is 15.4. The fraction of sp³-hybridized carbons (Fsp3) is 0.267. The van der Waals surface area contributed by atoms with Crippen molar-refractivity contribution in [2.75, 3.05) is 6.54 Å². The molecule has 1 aromatic heterocycles. The van der Waals surface area contributed by atoms with Crippen molar-refractivity contribution in [1.29, 1.82) is 0 Å². The predicted octanol–water partition coefficient (Wildman–Crippen LogP) is 2.73. The van der Waals surface area contributed by atoms with Crippen molar-refractivity contribution in [3.05, 3.63) is 41.2 Å². The van der Waals surface area contributed by atoms with Crippen molar-refractivity contribution in [3.63, 3.8) is 0 Å². The average molecular weight is 307 g/mol. The molecule has 1 amide bonds. The number of benzene rings is 1. The molecule has 21 heavy (non-hydrogen) atoms. The number of amides is 1. The molecule has 0 aliphatic rings. The molecule has 2 rings (SSSR count). The summed E-state index contributed by atoms with van der Waals surface area (Å²) in [6.45, 7) is 1.90. The number of aromatic nitrogens is 1. The Bertz CT molecular complexity index is 688. The first-order chi connectivity index (χ1) is 10.0. The molecule has 0 fully saturated rings. The second-order valence-electron chi connectivity index (χ2n) is 4.79. The minimum absolute atomic E-state index is 0.284. The fourth-order valence-electron chi connectivity index (χ4n) is 1.96. The van der Waals surface area contributed by atoms with Crippen LogP contribution in [0.5, 0.6) is 0 Å². The number of rotatable bonds is 5. The van der Waals surface area contributed by atoms with Crippen LogP contribution in [0.15, 0.2) is 30.5 Å². The van der Waals surface area contributed by atoms with Crippen molar-refractivity contribution in [1.82, 2.24) is 10.3 Å². The molecule has 1 unspecified atom stereocenters. The van der Waals surface area contributed by atoms with E-state index in [4.69, 9.17) is 16.7 Å². The normalized spacial score (nSPS) is 12.1. The first-order valence-corrected chi connectivity index (χ1v) is 6.92. The Hall–Kier alpha value is -2.14. The van der Waals surface area contributed by atoms with E-state index >= 15 is 0 Å². The molecule has 0 aliphatic carbocycles. The quantitative estimate of drug-likeness (QED) is 0.832. The molecule has 5 nitrogen and oxygen atoms in total. The predicted molar refractivity (Wildman–Crippen MR) is 80.5 cm³/mol. The highest BCUT2D eigenvalue weighted by Gasteiger charge is 2.14. The Kier molecular flexibility index (Phi) is 4.75. The number of hydrogen-bond acceptors (Lipinski definition) is 3. The van der Waals surface area contributed by atoms with Crippen molar-refractivity contribution < 1.29 is 14.7 Å². The molecule has 0 spiro atoms. The van der Waals surface area contributed by atoms with E-state index in [0.717, 1.165) is 5.39 Å². The molecule has 0 saturated carbocycles. The number of carboxylic acids is 1. The fourth-order valence-corrected chi connectivity index (χ4v) is 2.17. The molecule has 0 aliphatic heterocycles. The van der Waals surface area contributed by atoms with E-state index in [0.29, 0.717) is 29.1 Å². The summed E-state index contributed by atoms with van der Waals surface area (Å²) >= 11 is 6.01. The van der Waals surface area contributed by atoms with Crippen LogP contribution in [0, 0.1) is 5.92 Å². The molecule has 6 heteroatoms. The molecule has 0 saturated heterocycles. The lowest BCUT2D eigenvalue weighted by atomic mass is 10.1. The van der Waals surface area contributed by atoms with E-state index in [-0.39, 0.29) is 5.91 Å². The van der Waals surface area contributed by atoms with E-state index < -0.39 is 11.9 Å². The number of pyridine rings is 1. The van der Waals surface area contributed by atoms with E-state index in [1.54, 1.807) is 19.1 Å². The van der Waals surface area contributed by atoms with Crippen molar-refractivity contribution in [2.24, 2.45) is 5.92 Å². The summed E-state index contributed by atoms with van der Waals surface area (Å²) < 4.78 is 0. The number of fused-ring (bicyclic) bond motifs is 1. The van der Waals surface area contributed by atoms with Crippen LogP contribution in [0.3, 0.4) is 0 Å². The molecule has 0 bridgehead atoms. The molecule has 110 valence electrons. The van der Waals surface area contributed by atoms with Crippen LogP contribution in [-0.4, -0.2) is 28.5 Å². The van der Waals surface area contributed by atoms with Crippen molar-refractivity contribution in [3.8, 4) is 0 Å². The van der Waals surface area contributed by atoms with Gasteiger partial charge in [0.1, 0.15) is 5.15 Å². The molecule has 2 aromatic rings. The molecule has 1 heterocycles. The van der Waals surface area contributed by atoms with E-state index in [9.17, 15) is 9.59 Å². The Morgan fingerprint density at radius 3 is 2.67 bits per heavy atom. The zero-order valence-corrected chi connectivity index (χ0v) is 12.2. The van der Waals surface area contributed by atoms with Crippen LogP contribution in [0.2, 0.25) is 5.15 Å². The number of carbonyl (C=O) groups excluding carboxylic acids is 1. The van der Waals surface area contributed by atoms with Gasteiger partial charge in [0.05, 0.1) is 11.5 Å². The Balaban J connectivity index is 2.13. The van der Waals surface area contributed by atoms with Gasteiger partial charge in [0.15, 0.2) is 0 Å². The van der Waals surface area contributed by atoms with Crippen LogP contribution in [0.25, 0.3) is 10.8 Å². The summed E-state index contributed by atoms with van der Waals surface area (Å²) in [6, 6.07) is 7.25. The lowest BCUT2D eigenvalue weighted by Crippen LogP contribution is -2.27. The molecule has 1 atom stereocenters. The number of nitrogens with one attached hydrogen (secondary N) is 1. The minimum Gasteiger partial charge on any atom is -0.481 e. The van der Waals surface area contributed by atoms with E-state index in [1.807, 2.05) is 12.1 Å². The maximum absolute atomic E-state index is 12.2.